The summed E-state index contributed by atoms with van der Waals surface area (Å²) in [5.41, 5.74) is 1.46. The molecule has 1 saturated heterocycles. The van der Waals surface area contributed by atoms with Crippen LogP contribution in [-0.2, 0) is 25.7 Å². The maximum Gasteiger partial charge on any atom is 0.310 e. The first-order valence-electron chi connectivity index (χ1n) is 8.30. The molecule has 1 atom stereocenters. The Kier molecular flexibility index (Phi) is 4.57. The lowest BCUT2D eigenvalue weighted by Gasteiger charge is -2.35. The number of fused-ring (bicyclic) bond motifs is 1. The van der Waals surface area contributed by atoms with E-state index in [1.165, 1.54) is 4.90 Å². The van der Waals surface area contributed by atoms with E-state index in [-0.39, 0.29) is 30.6 Å². The first-order chi connectivity index (χ1) is 11.9. The molecule has 1 aromatic carbocycles. The van der Waals surface area contributed by atoms with E-state index in [1.807, 2.05) is 12.1 Å². The standard InChI is InChI=1S/C18H20N2O5/c1-11(2)18(24)25-10-20-15(21)8-7-14(17(20)23)19-9-12-5-3-4-6-13(12)16(19)22/h3-6,11,14H,7-10H2,1-2H3. The number of benzene rings is 1. The Morgan fingerprint density at radius 3 is 2.64 bits per heavy atom. The number of rotatable bonds is 4. The minimum Gasteiger partial charge on any atom is -0.443 e. The minimum atomic E-state index is -0.713. The van der Waals surface area contributed by atoms with E-state index in [0.717, 1.165) is 10.5 Å². The van der Waals surface area contributed by atoms with Gasteiger partial charge in [0.05, 0.1) is 5.92 Å². The first kappa shape index (κ1) is 17.1. The Labute approximate surface area is 145 Å². The molecule has 2 aliphatic heterocycles. The number of hydrogen-bond donors (Lipinski definition) is 0. The van der Waals surface area contributed by atoms with Crippen molar-refractivity contribution < 1.29 is 23.9 Å². The summed E-state index contributed by atoms with van der Waals surface area (Å²) < 4.78 is 5.03. The van der Waals surface area contributed by atoms with Gasteiger partial charge in [-0.1, -0.05) is 32.0 Å². The van der Waals surface area contributed by atoms with Crippen molar-refractivity contribution in [3.05, 3.63) is 35.4 Å². The molecule has 3 amide bonds. The van der Waals surface area contributed by atoms with Crippen LogP contribution in [0, 0.1) is 5.92 Å². The van der Waals surface area contributed by atoms with Gasteiger partial charge in [0.15, 0.2) is 6.73 Å². The fraction of sp³-hybridized carbons (Fsp3) is 0.444. The monoisotopic (exact) mass is 344 g/mol. The van der Waals surface area contributed by atoms with E-state index < -0.39 is 24.6 Å². The molecular formula is C18H20N2O5. The fourth-order valence-electron chi connectivity index (χ4n) is 3.07. The van der Waals surface area contributed by atoms with Gasteiger partial charge in [-0.15, -0.1) is 0 Å². The van der Waals surface area contributed by atoms with Crippen LogP contribution in [0.1, 0.15) is 42.6 Å². The number of amides is 3. The Hall–Kier alpha value is -2.70. The van der Waals surface area contributed by atoms with Crippen molar-refractivity contribution in [1.82, 2.24) is 9.80 Å². The van der Waals surface area contributed by atoms with Gasteiger partial charge in [0.1, 0.15) is 6.04 Å². The predicted octanol–water partition coefficient (Wildman–Crippen LogP) is 1.32. The molecular weight excluding hydrogens is 324 g/mol. The second kappa shape index (κ2) is 6.66. The zero-order valence-electron chi connectivity index (χ0n) is 14.2. The molecule has 0 aromatic heterocycles. The molecule has 3 rings (SSSR count). The lowest BCUT2D eigenvalue weighted by molar-refractivity contribution is -0.165. The predicted molar refractivity (Wildman–Crippen MR) is 87.0 cm³/mol. The lowest BCUT2D eigenvalue weighted by Crippen LogP contribution is -2.55. The number of carbonyl (C=O) groups is 4. The number of piperidine rings is 1. The smallest absolute Gasteiger partial charge is 0.310 e. The SMILES string of the molecule is CC(C)C(=O)OCN1C(=O)CCC(N2Cc3ccccc3C2=O)C1=O. The summed E-state index contributed by atoms with van der Waals surface area (Å²) in [6.07, 6.45) is 0.418. The third kappa shape index (κ3) is 3.14. The second-order valence-corrected chi connectivity index (χ2v) is 6.55. The maximum absolute atomic E-state index is 12.7. The molecule has 1 unspecified atom stereocenters. The summed E-state index contributed by atoms with van der Waals surface area (Å²) in [4.78, 5) is 51.4. The summed E-state index contributed by atoms with van der Waals surface area (Å²) in [6.45, 7) is 3.29. The van der Waals surface area contributed by atoms with Crippen LogP contribution in [-0.4, -0.2) is 46.3 Å². The van der Waals surface area contributed by atoms with Crippen molar-refractivity contribution >= 4 is 23.7 Å². The van der Waals surface area contributed by atoms with Crippen LogP contribution in [0.3, 0.4) is 0 Å². The molecule has 2 aliphatic rings. The molecule has 0 aliphatic carbocycles. The van der Waals surface area contributed by atoms with Crippen molar-refractivity contribution in [2.45, 2.75) is 39.3 Å². The van der Waals surface area contributed by atoms with Crippen molar-refractivity contribution in [1.29, 1.82) is 0 Å². The number of hydrogen-bond acceptors (Lipinski definition) is 5. The highest BCUT2D eigenvalue weighted by molar-refractivity contribution is 6.05. The van der Waals surface area contributed by atoms with Crippen LogP contribution in [0.4, 0.5) is 0 Å². The molecule has 7 nitrogen and oxygen atoms in total. The van der Waals surface area contributed by atoms with Crippen molar-refractivity contribution in [3.8, 4) is 0 Å². The van der Waals surface area contributed by atoms with Gasteiger partial charge in [-0.3, -0.25) is 19.2 Å². The van der Waals surface area contributed by atoms with Crippen LogP contribution in [0.2, 0.25) is 0 Å². The Balaban J connectivity index is 1.73. The number of likely N-dealkylation sites (tertiary alicyclic amines) is 1. The topological polar surface area (TPSA) is 84.0 Å². The first-order valence-corrected chi connectivity index (χ1v) is 8.30. The van der Waals surface area contributed by atoms with E-state index in [0.29, 0.717) is 12.1 Å². The van der Waals surface area contributed by atoms with Gasteiger partial charge >= 0.3 is 5.97 Å². The van der Waals surface area contributed by atoms with E-state index in [1.54, 1.807) is 26.0 Å². The maximum atomic E-state index is 12.7. The van der Waals surface area contributed by atoms with Crippen LogP contribution in [0.5, 0.6) is 0 Å². The van der Waals surface area contributed by atoms with Crippen LogP contribution in [0.25, 0.3) is 0 Å². The van der Waals surface area contributed by atoms with Gasteiger partial charge < -0.3 is 9.64 Å². The molecule has 0 spiro atoms. The largest absolute Gasteiger partial charge is 0.443 e. The van der Waals surface area contributed by atoms with E-state index in [4.69, 9.17) is 4.74 Å². The van der Waals surface area contributed by atoms with Gasteiger partial charge in [-0.2, -0.15) is 0 Å². The van der Waals surface area contributed by atoms with Gasteiger partial charge in [-0.05, 0) is 18.1 Å². The summed E-state index contributed by atoms with van der Waals surface area (Å²) >= 11 is 0. The lowest BCUT2D eigenvalue weighted by atomic mass is 10.0. The molecule has 7 heteroatoms. The zero-order valence-corrected chi connectivity index (χ0v) is 14.2. The molecule has 0 N–H and O–H groups in total. The average molecular weight is 344 g/mol. The molecule has 2 heterocycles. The van der Waals surface area contributed by atoms with Crippen LogP contribution < -0.4 is 0 Å². The molecule has 1 fully saturated rings. The highest BCUT2D eigenvalue weighted by Gasteiger charge is 2.42. The third-order valence-corrected chi connectivity index (χ3v) is 4.52. The van der Waals surface area contributed by atoms with Gasteiger partial charge in [0, 0.05) is 18.5 Å². The number of ether oxygens (including phenoxy) is 1. The van der Waals surface area contributed by atoms with Crippen molar-refractivity contribution in [3.63, 3.8) is 0 Å². The van der Waals surface area contributed by atoms with E-state index >= 15 is 0 Å². The molecule has 0 bridgehead atoms. The minimum absolute atomic E-state index is 0.135. The molecule has 132 valence electrons. The van der Waals surface area contributed by atoms with Gasteiger partial charge in [-0.25, -0.2) is 4.90 Å². The van der Waals surface area contributed by atoms with E-state index in [9.17, 15) is 19.2 Å². The summed E-state index contributed by atoms with van der Waals surface area (Å²) in [6, 6.07) is 6.51. The highest BCUT2D eigenvalue weighted by Crippen LogP contribution is 2.28. The van der Waals surface area contributed by atoms with Gasteiger partial charge in [0.2, 0.25) is 5.91 Å². The van der Waals surface area contributed by atoms with Crippen molar-refractivity contribution in [2.24, 2.45) is 5.92 Å². The summed E-state index contributed by atoms with van der Waals surface area (Å²) in [5, 5.41) is 0. The molecule has 1 aromatic rings. The summed E-state index contributed by atoms with van der Waals surface area (Å²) in [5.74, 6) is -1.91. The van der Waals surface area contributed by atoms with E-state index in [2.05, 4.69) is 0 Å². The number of carbonyl (C=O) groups excluding carboxylic acids is 4. The number of esters is 1. The molecule has 0 radical (unpaired) electrons. The average Bonchev–Trinajstić information content (AvgIpc) is 2.91. The van der Waals surface area contributed by atoms with Crippen molar-refractivity contribution in [2.75, 3.05) is 6.73 Å². The highest BCUT2D eigenvalue weighted by atomic mass is 16.5. The number of imide groups is 1. The molecule has 0 saturated carbocycles. The Morgan fingerprint density at radius 2 is 1.96 bits per heavy atom. The fourth-order valence-corrected chi connectivity index (χ4v) is 3.07. The Bertz CT molecular complexity index is 743. The quantitative estimate of drug-likeness (QED) is 0.607. The summed E-state index contributed by atoms with van der Waals surface area (Å²) in [7, 11) is 0. The third-order valence-electron chi connectivity index (χ3n) is 4.52. The number of nitrogens with zero attached hydrogens (tertiary/aromatic N) is 2. The van der Waals surface area contributed by atoms with Crippen LogP contribution >= 0.6 is 0 Å². The Morgan fingerprint density at radius 1 is 1.24 bits per heavy atom. The van der Waals surface area contributed by atoms with Gasteiger partial charge in [0.25, 0.3) is 11.8 Å². The van der Waals surface area contributed by atoms with Crippen LogP contribution in [0.15, 0.2) is 24.3 Å². The molecule has 25 heavy (non-hydrogen) atoms. The second-order valence-electron chi connectivity index (χ2n) is 6.55. The zero-order chi connectivity index (χ0) is 18.1. The normalized spacial score (nSPS) is 20.3.